The van der Waals surface area contributed by atoms with Gasteiger partial charge in [0.05, 0.1) is 0 Å². The molecule has 0 unspecified atom stereocenters. The van der Waals surface area contributed by atoms with E-state index in [0.29, 0.717) is 11.9 Å². The zero-order chi connectivity index (χ0) is 12.0. The number of nitrogens with one attached hydrogen (secondary N) is 1. The quantitative estimate of drug-likeness (QED) is 0.541. The van der Waals surface area contributed by atoms with E-state index in [-0.39, 0.29) is 0 Å². The maximum Gasteiger partial charge on any atom is 0.188 e. The van der Waals surface area contributed by atoms with E-state index in [9.17, 15) is 0 Å². The van der Waals surface area contributed by atoms with Crippen molar-refractivity contribution in [2.24, 2.45) is 23.7 Å². The number of rotatable bonds is 5. The molecule has 0 aliphatic rings. The van der Waals surface area contributed by atoms with Crippen LogP contribution in [0.1, 0.15) is 19.7 Å². The lowest BCUT2D eigenvalue weighted by Crippen LogP contribution is -2.34. The highest BCUT2D eigenvalue weighted by atomic mass is 15.2. The zero-order valence-electron chi connectivity index (χ0n) is 10.1. The van der Waals surface area contributed by atoms with Crippen molar-refractivity contribution in [3.8, 4) is 0 Å². The lowest BCUT2D eigenvalue weighted by molar-refractivity contribution is 0.660. The van der Waals surface area contributed by atoms with Crippen molar-refractivity contribution in [1.82, 2.24) is 20.1 Å². The van der Waals surface area contributed by atoms with Gasteiger partial charge in [-0.1, -0.05) is 13.8 Å². The number of aromatic nitrogens is 3. The molecule has 1 aromatic heterocycles. The molecule has 1 aromatic rings. The second-order valence-electron chi connectivity index (χ2n) is 4.15. The van der Waals surface area contributed by atoms with E-state index in [4.69, 9.17) is 5.73 Å². The highest BCUT2D eigenvalue weighted by Crippen LogP contribution is 1.92. The second kappa shape index (κ2) is 6.09. The van der Waals surface area contributed by atoms with Gasteiger partial charge in [0.1, 0.15) is 12.2 Å². The van der Waals surface area contributed by atoms with Crippen LogP contribution in [-0.4, -0.2) is 33.8 Å². The molecule has 0 atom stereocenters. The van der Waals surface area contributed by atoms with Crippen molar-refractivity contribution in [1.29, 1.82) is 0 Å². The number of aryl methyl sites for hydroxylation is 1. The number of nitrogens with two attached hydrogens (primary N) is 1. The molecule has 0 amide bonds. The van der Waals surface area contributed by atoms with Crippen LogP contribution >= 0.6 is 0 Å². The van der Waals surface area contributed by atoms with Gasteiger partial charge in [0, 0.05) is 26.6 Å². The Balaban J connectivity index is 2.25. The maximum absolute atomic E-state index is 5.70. The molecule has 0 spiro atoms. The van der Waals surface area contributed by atoms with Gasteiger partial charge >= 0.3 is 0 Å². The Labute approximate surface area is 96.0 Å². The summed E-state index contributed by atoms with van der Waals surface area (Å²) in [4.78, 5) is 4.21. The summed E-state index contributed by atoms with van der Waals surface area (Å²) in [6.45, 7) is 5.69. The summed E-state index contributed by atoms with van der Waals surface area (Å²) in [5, 5.41) is 10.8. The molecular formula is C10H20N6. The Bertz CT molecular complexity index is 341. The first kappa shape index (κ1) is 12.5. The number of guanidine groups is 1. The van der Waals surface area contributed by atoms with Crippen LogP contribution in [0.15, 0.2) is 11.3 Å². The topological polar surface area (TPSA) is 81.1 Å². The Morgan fingerprint density at radius 3 is 2.94 bits per heavy atom. The van der Waals surface area contributed by atoms with Crippen molar-refractivity contribution in [2.45, 2.75) is 20.3 Å². The van der Waals surface area contributed by atoms with E-state index < -0.39 is 0 Å². The summed E-state index contributed by atoms with van der Waals surface area (Å²) in [5.74, 6) is 1.96. The summed E-state index contributed by atoms with van der Waals surface area (Å²) in [6, 6.07) is 0. The molecule has 1 rings (SSSR count). The van der Waals surface area contributed by atoms with E-state index in [0.717, 1.165) is 25.3 Å². The van der Waals surface area contributed by atoms with Crippen LogP contribution in [-0.2, 0) is 13.5 Å². The zero-order valence-corrected chi connectivity index (χ0v) is 10.1. The fourth-order valence-corrected chi connectivity index (χ4v) is 1.17. The molecule has 1 heterocycles. The molecule has 6 heteroatoms. The number of hydrogen-bond acceptors (Lipinski definition) is 3. The van der Waals surface area contributed by atoms with Gasteiger partial charge in [-0.25, -0.2) is 0 Å². The Kier molecular flexibility index (Phi) is 4.75. The predicted octanol–water partition coefficient (Wildman–Crippen LogP) is -0.0821. The summed E-state index contributed by atoms with van der Waals surface area (Å²) in [5.41, 5.74) is 5.70. The van der Waals surface area contributed by atoms with Crippen molar-refractivity contribution >= 4 is 5.96 Å². The van der Waals surface area contributed by atoms with Crippen LogP contribution in [0.2, 0.25) is 0 Å². The Hall–Kier alpha value is -1.59. The number of aliphatic imine (C=N–C) groups is 1. The van der Waals surface area contributed by atoms with Crippen LogP contribution < -0.4 is 11.1 Å². The SMILES string of the molecule is CC(C)CN=C(N)NCCc1nncn1C. The van der Waals surface area contributed by atoms with Gasteiger partial charge in [-0.2, -0.15) is 0 Å². The van der Waals surface area contributed by atoms with Gasteiger partial charge in [0.15, 0.2) is 5.96 Å². The number of hydrogen-bond donors (Lipinski definition) is 2. The van der Waals surface area contributed by atoms with Crippen LogP contribution in [0.5, 0.6) is 0 Å². The highest BCUT2D eigenvalue weighted by Gasteiger charge is 2.00. The van der Waals surface area contributed by atoms with Crippen LogP contribution in [0.25, 0.3) is 0 Å². The van der Waals surface area contributed by atoms with Gasteiger partial charge in [0.25, 0.3) is 0 Å². The minimum absolute atomic E-state index is 0.496. The van der Waals surface area contributed by atoms with Gasteiger partial charge in [0.2, 0.25) is 0 Å². The van der Waals surface area contributed by atoms with Crippen molar-refractivity contribution in [3.63, 3.8) is 0 Å². The average molecular weight is 224 g/mol. The minimum atomic E-state index is 0.496. The van der Waals surface area contributed by atoms with E-state index in [1.165, 1.54) is 0 Å². The Morgan fingerprint density at radius 2 is 2.38 bits per heavy atom. The summed E-state index contributed by atoms with van der Waals surface area (Å²) in [7, 11) is 1.92. The number of nitrogens with zero attached hydrogens (tertiary/aromatic N) is 4. The van der Waals surface area contributed by atoms with E-state index in [1.54, 1.807) is 6.33 Å². The molecule has 0 aliphatic heterocycles. The Morgan fingerprint density at radius 1 is 1.62 bits per heavy atom. The molecule has 0 saturated heterocycles. The minimum Gasteiger partial charge on any atom is -0.370 e. The van der Waals surface area contributed by atoms with Gasteiger partial charge in [-0.3, -0.25) is 4.99 Å². The lowest BCUT2D eigenvalue weighted by atomic mass is 10.2. The van der Waals surface area contributed by atoms with E-state index >= 15 is 0 Å². The fourth-order valence-electron chi connectivity index (χ4n) is 1.17. The molecule has 0 saturated carbocycles. The van der Waals surface area contributed by atoms with Crippen molar-refractivity contribution in [2.75, 3.05) is 13.1 Å². The third-order valence-electron chi connectivity index (χ3n) is 2.09. The van der Waals surface area contributed by atoms with Gasteiger partial charge < -0.3 is 15.6 Å². The fraction of sp³-hybridized carbons (Fsp3) is 0.700. The van der Waals surface area contributed by atoms with Crippen molar-refractivity contribution < 1.29 is 0 Å². The summed E-state index contributed by atoms with van der Waals surface area (Å²) < 4.78 is 1.89. The molecule has 16 heavy (non-hydrogen) atoms. The van der Waals surface area contributed by atoms with Crippen LogP contribution in [0.3, 0.4) is 0 Å². The molecular weight excluding hydrogens is 204 g/mol. The predicted molar refractivity (Wildman–Crippen MR) is 64.0 cm³/mol. The van der Waals surface area contributed by atoms with E-state index in [2.05, 4.69) is 34.4 Å². The maximum atomic E-state index is 5.70. The molecule has 0 radical (unpaired) electrons. The largest absolute Gasteiger partial charge is 0.370 e. The normalized spacial score (nSPS) is 12.1. The highest BCUT2D eigenvalue weighted by molar-refractivity contribution is 5.77. The molecule has 0 aliphatic carbocycles. The van der Waals surface area contributed by atoms with Crippen LogP contribution in [0.4, 0.5) is 0 Å². The molecule has 6 nitrogen and oxygen atoms in total. The third kappa shape index (κ3) is 4.29. The first-order chi connectivity index (χ1) is 7.59. The standard InChI is InChI=1S/C10H20N6/c1-8(2)6-13-10(11)12-5-4-9-15-14-7-16(9)3/h7-8H,4-6H2,1-3H3,(H3,11,12,13). The van der Waals surface area contributed by atoms with E-state index in [1.807, 2.05) is 11.6 Å². The second-order valence-corrected chi connectivity index (χ2v) is 4.15. The molecule has 90 valence electrons. The van der Waals surface area contributed by atoms with Gasteiger partial charge in [-0.15, -0.1) is 10.2 Å². The first-order valence-electron chi connectivity index (χ1n) is 5.46. The molecule has 0 fully saturated rings. The molecule has 0 bridgehead atoms. The lowest BCUT2D eigenvalue weighted by Gasteiger charge is -2.06. The van der Waals surface area contributed by atoms with Gasteiger partial charge in [-0.05, 0) is 5.92 Å². The monoisotopic (exact) mass is 224 g/mol. The third-order valence-corrected chi connectivity index (χ3v) is 2.09. The molecule has 0 aromatic carbocycles. The summed E-state index contributed by atoms with van der Waals surface area (Å²) >= 11 is 0. The molecule has 3 N–H and O–H groups in total. The average Bonchev–Trinajstić information content (AvgIpc) is 2.61. The first-order valence-corrected chi connectivity index (χ1v) is 5.46. The van der Waals surface area contributed by atoms with Crippen molar-refractivity contribution in [3.05, 3.63) is 12.2 Å². The van der Waals surface area contributed by atoms with Crippen LogP contribution in [0, 0.1) is 5.92 Å². The summed E-state index contributed by atoms with van der Waals surface area (Å²) in [6.07, 6.45) is 2.47. The smallest absolute Gasteiger partial charge is 0.188 e.